The summed E-state index contributed by atoms with van der Waals surface area (Å²) in [5.74, 6) is 0. The van der Waals surface area contributed by atoms with Crippen LogP contribution in [0, 0.1) is 31.6 Å². The molecule has 0 N–H and O–H groups in total. The highest BCUT2D eigenvalue weighted by Crippen LogP contribution is 2.24. The van der Waals surface area contributed by atoms with Gasteiger partial charge in [-0.25, -0.2) is 5.01 Å². The first kappa shape index (κ1) is 18.5. The summed E-state index contributed by atoms with van der Waals surface area (Å²) in [4.78, 5) is 20.7. The second-order valence-electron chi connectivity index (χ2n) is 5.13. The van der Waals surface area contributed by atoms with Gasteiger partial charge < -0.3 is 0 Å². The number of nitro groups is 2. The number of hydrogen-bond acceptors (Lipinski definition) is 7. The molecule has 0 heterocycles. The van der Waals surface area contributed by atoms with Gasteiger partial charge in [0, 0.05) is 37.2 Å². The van der Waals surface area contributed by atoms with Crippen molar-refractivity contribution in [2.75, 3.05) is 11.6 Å². The molecule has 0 aliphatic rings. The van der Waals surface area contributed by atoms with Crippen LogP contribution in [-0.4, -0.2) is 16.4 Å². The molecule has 0 atom stereocenters. The largest absolute Gasteiger partial charge is 0.271 e. The van der Waals surface area contributed by atoms with Gasteiger partial charge in [0.15, 0.2) is 0 Å². The van der Waals surface area contributed by atoms with Crippen LogP contribution in [0.1, 0.15) is 12.8 Å². The fourth-order valence-electron chi connectivity index (χ4n) is 2.07. The lowest BCUT2D eigenvalue weighted by molar-refractivity contribution is -0.385. The Balaban J connectivity index is 2.28. The Morgan fingerprint density at radius 3 is 2.35 bits per heavy atom. The van der Waals surface area contributed by atoms with E-state index in [9.17, 15) is 20.2 Å². The monoisotopic (exact) mass is 354 g/mol. The van der Waals surface area contributed by atoms with Crippen molar-refractivity contribution >= 4 is 22.7 Å². The number of rotatable bonds is 8. The smallest absolute Gasteiger partial charge is 0.258 e. The zero-order valence-corrected chi connectivity index (χ0v) is 13.6. The third-order valence-electron chi connectivity index (χ3n) is 3.31. The van der Waals surface area contributed by atoms with Crippen molar-refractivity contribution < 1.29 is 9.85 Å². The molecule has 0 radical (unpaired) electrons. The third-order valence-corrected chi connectivity index (χ3v) is 3.31. The van der Waals surface area contributed by atoms with Crippen LogP contribution in [0.25, 0.3) is 0 Å². The van der Waals surface area contributed by atoms with Gasteiger partial charge in [-0.05, 0) is 18.6 Å². The zero-order valence-electron chi connectivity index (χ0n) is 13.6. The summed E-state index contributed by atoms with van der Waals surface area (Å²) in [6.45, 7) is 0.313. The van der Waals surface area contributed by atoms with E-state index in [-0.39, 0.29) is 23.5 Å². The minimum atomic E-state index is -0.537. The Morgan fingerprint density at radius 2 is 1.69 bits per heavy atom. The van der Waals surface area contributed by atoms with Crippen LogP contribution in [0.15, 0.2) is 58.9 Å². The van der Waals surface area contributed by atoms with Crippen molar-refractivity contribution in [3.05, 3.63) is 68.8 Å². The number of nitrogens with zero attached hydrogens (tertiary/aromatic N) is 6. The van der Waals surface area contributed by atoms with Crippen molar-refractivity contribution in [1.82, 2.24) is 0 Å². The molecule has 0 saturated heterocycles. The van der Waals surface area contributed by atoms with Gasteiger partial charge in [-0.15, -0.1) is 5.11 Å². The molecule has 2 rings (SSSR count). The van der Waals surface area contributed by atoms with Gasteiger partial charge in [0.1, 0.15) is 0 Å². The maximum Gasteiger partial charge on any atom is 0.271 e. The van der Waals surface area contributed by atoms with E-state index in [1.807, 2.05) is 6.07 Å². The minimum absolute atomic E-state index is 0.0988. The minimum Gasteiger partial charge on any atom is -0.258 e. The number of hydrogen-bond donors (Lipinski definition) is 0. The van der Waals surface area contributed by atoms with Crippen LogP contribution >= 0.6 is 0 Å². The van der Waals surface area contributed by atoms with Crippen molar-refractivity contribution in [3.63, 3.8) is 0 Å². The molecule has 0 aromatic heterocycles. The van der Waals surface area contributed by atoms with Crippen LogP contribution < -0.4 is 5.01 Å². The number of anilines is 1. The van der Waals surface area contributed by atoms with E-state index in [2.05, 4.69) is 10.3 Å². The summed E-state index contributed by atoms with van der Waals surface area (Å²) < 4.78 is 0. The third kappa shape index (κ3) is 5.07. The van der Waals surface area contributed by atoms with Crippen LogP contribution in [0.3, 0.4) is 0 Å². The number of non-ortho nitro benzene ring substituents is 2. The van der Waals surface area contributed by atoms with Crippen LogP contribution in [0.2, 0.25) is 0 Å². The Labute approximate surface area is 148 Å². The van der Waals surface area contributed by atoms with Gasteiger partial charge in [0.2, 0.25) is 0 Å². The highest BCUT2D eigenvalue weighted by atomic mass is 16.6. The standard InChI is InChI=1S/C16H14N6O4/c17-9-1-2-10-20(14-6-4-8-16(12-14)22(25)26)19-18-13-5-3-7-15(11-13)21(23)24/h3-8,11-12H,1-2,10H2. The summed E-state index contributed by atoms with van der Waals surface area (Å²) in [5, 5.41) is 39.9. The molecule has 2 aromatic carbocycles. The van der Waals surface area contributed by atoms with Crippen molar-refractivity contribution in [1.29, 1.82) is 5.26 Å². The van der Waals surface area contributed by atoms with Gasteiger partial charge in [0.25, 0.3) is 11.4 Å². The average Bonchev–Trinajstić information content (AvgIpc) is 2.64. The first-order valence-corrected chi connectivity index (χ1v) is 7.56. The van der Waals surface area contributed by atoms with E-state index in [0.29, 0.717) is 18.7 Å². The molecule has 10 heteroatoms. The van der Waals surface area contributed by atoms with Crippen molar-refractivity contribution in [2.24, 2.45) is 10.3 Å². The van der Waals surface area contributed by atoms with E-state index >= 15 is 0 Å². The quantitative estimate of drug-likeness (QED) is 0.299. The molecule has 10 nitrogen and oxygen atoms in total. The predicted octanol–water partition coefficient (Wildman–Crippen LogP) is 4.31. The van der Waals surface area contributed by atoms with Gasteiger partial charge in [-0.3, -0.25) is 20.2 Å². The molecule has 2 aromatic rings. The molecular formula is C16H14N6O4. The molecule has 0 fully saturated rings. The van der Waals surface area contributed by atoms with E-state index < -0.39 is 9.85 Å². The topological polar surface area (TPSA) is 138 Å². The fourth-order valence-corrected chi connectivity index (χ4v) is 2.07. The van der Waals surface area contributed by atoms with Crippen LogP contribution in [0.5, 0.6) is 0 Å². The lowest BCUT2D eigenvalue weighted by atomic mass is 10.2. The molecule has 0 saturated carbocycles. The number of nitro benzene ring substituents is 2. The average molecular weight is 354 g/mol. The summed E-state index contributed by atoms with van der Waals surface area (Å²) in [7, 11) is 0. The fraction of sp³-hybridized carbons (Fsp3) is 0.188. The molecule has 132 valence electrons. The van der Waals surface area contributed by atoms with Crippen molar-refractivity contribution in [2.45, 2.75) is 12.8 Å². The maximum absolute atomic E-state index is 10.9. The number of benzene rings is 2. The Morgan fingerprint density at radius 1 is 1.04 bits per heavy atom. The maximum atomic E-state index is 10.9. The first-order valence-electron chi connectivity index (χ1n) is 7.56. The SMILES string of the molecule is N#CCCCN(N=Nc1cccc([N+](=O)[O-])c1)c1cccc([N+](=O)[O-])c1. The molecule has 0 spiro atoms. The lowest BCUT2D eigenvalue weighted by Crippen LogP contribution is -2.17. The number of unbranched alkanes of at least 4 members (excludes halogenated alkanes) is 1. The van der Waals surface area contributed by atoms with Crippen molar-refractivity contribution in [3.8, 4) is 6.07 Å². The Kier molecular flexibility index (Phi) is 6.28. The highest BCUT2D eigenvalue weighted by molar-refractivity contribution is 5.53. The highest BCUT2D eigenvalue weighted by Gasteiger charge is 2.12. The molecule has 0 amide bonds. The van der Waals surface area contributed by atoms with Crippen LogP contribution in [-0.2, 0) is 0 Å². The number of nitriles is 1. The molecule has 0 aliphatic carbocycles. The van der Waals surface area contributed by atoms with Gasteiger partial charge in [-0.1, -0.05) is 17.4 Å². The second-order valence-corrected chi connectivity index (χ2v) is 5.13. The van der Waals surface area contributed by atoms with Gasteiger partial charge in [0.05, 0.1) is 27.3 Å². The van der Waals surface area contributed by atoms with E-state index in [1.54, 1.807) is 12.1 Å². The zero-order chi connectivity index (χ0) is 18.9. The molecule has 0 aliphatic heterocycles. The second kappa shape index (κ2) is 8.84. The predicted molar refractivity (Wildman–Crippen MR) is 92.9 cm³/mol. The Hall–Kier alpha value is -3.87. The van der Waals surface area contributed by atoms with Gasteiger partial charge in [-0.2, -0.15) is 5.26 Å². The summed E-state index contributed by atoms with van der Waals surface area (Å²) >= 11 is 0. The van der Waals surface area contributed by atoms with Crippen LogP contribution in [0.4, 0.5) is 22.7 Å². The van der Waals surface area contributed by atoms with Gasteiger partial charge >= 0.3 is 0 Å². The molecule has 0 bridgehead atoms. The van der Waals surface area contributed by atoms with E-state index in [1.165, 1.54) is 41.4 Å². The summed E-state index contributed by atoms with van der Waals surface area (Å²) in [6.07, 6.45) is 0.769. The summed E-state index contributed by atoms with van der Waals surface area (Å²) in [5.41, 5.74) is 0.493. The molecule has 26 heavy (non-hydrogen) atoms. The van der Waals surface area contributed by atoms with E-state index in [0.717, 1.165) is 0 Å². The molecule has 0 unspecified atom stereocenters. The first-order chi connectivity index (χ1) is 12.5. The molecular weight excluding hydrogens is 340 g/mol. The van der Waals surface area contributed by atoms with E-state index in [4.69, 9.17) is 5.26 Å². The Bertz CT molecular complexity index is 877. The normalized spacial score (nSPS) is 10.4. The lowest BCUT2D eigenvalue weighted by Gasteiger charge is -2.16. The summed E-state index contributed by atoms with van der Waals surface area (Å²) in [6, 6.07) is 13.5.